The first-order valence-electron chi connectivity index (χ1n) is 8.60. The molecular formula is C17H32N2OSn. The zero-order chi connectivity index (χ0) is 15.6. The third-order valence-corrected chi connectivity index (χ3v) is 20.0. The Hall–Kier alpha value is -0.321. The fraction of sp³-hybridized carbons (Fsp3) is 0.765. The molecule has 4 heteroatoms. The summed E-state index contributed by atoms with van der Waals surface area (Å²) < 4.78 is 11.4. The fourth-order valence-corrected chi connectivity index (χ4v) is 19.4. The van der Waals surface area contributed by atoms with Gasteiger partial charge in [0.15, 0.2) is 0 Å². The van der Waals surface area contributed by atoms with Gasteiger partial charge in [0.05, 0.1) is 0 Å². The fourth-order valence-electron chi connectivity index (χ4n) is 3.20. The molecule has 0 aliphatic heterocycles. The predicted octanol–water partition coefficient (Wildman–Crippen LogP) is 4.54. The van der Waals surface area contributed by atoms with Gasteiger partial charge in [-0.3, -0.25) is 0 Å². The molecule has 1 heterocycles. The minimum absolute atomic E-state index is 0.816. The van der Waals surface area contributed by atoms with Crippen LogP contribution in [0.15, 0.2) is 12.3 Å². The minimum atomic E-state index is -2.42. The Kier molecular flexibility index (Phi) is 9.29. The van der Waals surface area contributed by atoms with E-state index in [4.69, 9.17) is 4.74 Å². The molecule has 0 saturated carbocycles. The first kappa shape index (κ1) is 18.7. The Morgan fingerprint density at radius 1 is 0.952 bits per heavy atom. The molecule has 0 aromatic carbocycles. The SMILES string of the molecule is CCC[CH2][Sn]([CH2]CCC)([CH2]CCC)[c]1ccnnc1OC. The molecule has 0 N–H and O–H groups in total. The average Bonchev–Trinajstić information content (AvgIpc) is 2.54. The van der Waals surface area contributed by atoms with Gasteiger partial charge in [-0.15, -0.1) is 0 Å². The van der Waals surface area contributed by atoms with Crippen molar-refractivity contribution in [2.75, 3.05) is 7.11 Å². The van der Waals surface area contributed by atoms with Gasteiger partial charge in [-0.2, -0.15) is 0 Å². The second kappa shape index (κ2) is 10.4. The maximum atomic E-state index is 5.57. The number of hydrogen-bond donors (Lipinski definition) is 0. The summed E-state index contributed by atoms with van der Waals surface area (Å²) in [4.78, 5) is 0. The van der Waals surface area contributed by atoms with E-state index in [0.717, 1.165) is 5.88 Å². The third-order valence-electron chi connectivity index (χ3n) is 4.48. The molecule has 0 saturated heterocycles. The standard InChI is InChI=1S/C5H5N2O.3C4H9.Sn/c1-8-5-3-2-4-6-7-5;3*1-3-4-2;/h2,4H,1H3;3*1,3-4H2,2H3;. The Balaban J connectivity index is 3.16. The van der Waals surface area contributed by atoms with E-state index in [1.807, 2.05) is 6.20 Å². The van der Waals surface area contributed by atoms with Crippen LogP contribution in [0.1, 0.15) is 59.3 Å². The number of methoxy groups -OCH3 is 1. The van der Waals surface area contributed by atoms with E-state index in [-0.39, 0.29) is 0 Å². The van der Waals surface area contributed by atoms with Gasteiger partial charge in [-0.05, 0) is 0 Å². The molecule has 0 aliphatic carbocycles. The Bertz CT molecular complexity index is 376. The van der Waals surface area contributed by atoms with Crippen LogP contribution in [0.2, 0.25) is 13.3 Å². The Morgan fingerprint density at radius 3 is 1.90 bits per heavy atom. The molecule has 1 rings (SSSR count). The summed E-state index contributed by atoms with van der Waals surface area (Å²) >= 11 is -2.42. The molecular weight excluding hydrogens is 367 g/mol. The molecule has 3 nitrogen and oxygen atoms in total. The molecule has 1 aromatic heterocycles. The summed E-state index contributed by atoms with van der Waals surface area (Å²) in [7, 11) is 1.74. The molecule has 0 fully saturated rings. The number of nitrogens with zero attached hydrogens (tertiary/aromatic N) is 2. The number of hydrogen-bond acceptors (Lipinski definition) is 3. The maximum absolute atomic E-state index is 5.57. The van der Waals surface area contributed by atoms with Crippen molar-refractivity contribution in [2.24, 2.45) is 0 Å². The van der Waals surface area contributed by atoms with Crippen LogP contribution in [0.5, 0.6) is 5.88 Å². The van der Waals surface area contributed by atoms with Gasteiger partial charge in [0, 0.05) is 0 Å². The van der Waals surface area contributed by atoms with Crippen LogP contribution in [-0.2, 0) is 0 Å². The summed E-state index contributed by atoms with van der Waals surface area (Å²) in [5.41, 5.74) is 0. The Morgan fingerprint density at radius 2 is 1.48 bits per heavy atom. The van der Waals surface area contributed by atoms with Crippen molar-refractivity contribution in [3.05, 3.63) is 12.3 Å². The molecule has 0 bridgehead atoms. The molecule has 21 heavy (non-hydrogen) atoms. The Labute approximate surface area is 134 Å². The van der Waals surface area contributed by atoms with E-state index in [1.54, 1.807) is 7.11 Å². The van der Waals surface area contributed by atoms with Crippen molar-refractivity contribution in [3.8, 4) is 5.88 Å². The van der Waals surface area contributed by atoms with Crippen molar-refractivity contribution >= 4 is 22.0 Å². The first-order valence-corrected chi connectivity index (χ1v) is 16.1. The van der Waals surface area contributed by atoms with Crippen LogP contribution in [-0.4, -0.2) is 35.7 Å². The molecule has 0 atom stereocenters. The van der Waals surface area contributed by atoms with Crippen LogP contribution >= 0.6 is 0 Å². The summed E-state index contributed by atoms with van der Waals surface area (Å²) in [5.74, 6) is 0.816. The van der Waals surface area contributed by atoms with Crippen LogP contribution < -0.4 is 8.32 Å². The van der Waals surface area contributed by atoms with E-state index in [1.165, 1.54) is 55.4 Å². The quantitative estimate of drug-likeness (QED) is 0.513. The van der Waals surface area contributed by atoms with Crippen molar-refractivity contribution in [1.29, 1.82) is 0 Å². The van der Waals surface area contributed by atoms with E-state index in [0.29, 0.717) is 0 Å². The molecule has 0 amide bonds. The third kappa shape index (κ3) is 5.42. The summed E-state index contributed by atoms with van der Waals surface area (Å²) in [6.07, 6.45) is 9.81. The molecule has 0 spiro atoms. The number of ether oxygens (including phenoxy) is 1. The van der Waals surface area contributed by atoms with E-state index < -0.39 is 18.4 Å². The van der Waals surface area contributed by atoms with Gasteiger partial charge in [-0.25, -0.2) is 0 Å². The second-order valence-electron chi connectivity index (χ2n) is 6.05. The van der Waals surface area contributed by atoms with E-state index in [2.05, 4.69) is 37.0 Å². The summed E-state index contributed by atoms with van der Waals surface area (Å²) in [5, 5.41) is 8.30. The van der Waals surface area contributed by atoms with Crippen LogP contribution in [0.4, 0.5) is 0 Å². The van der Waals surface area contributed by atoms with Crippen LogP contribution in [0.25, 0.3) is 0 Å². The molecule has 0 unspecified atom stereocenters. The molecule has 120 valence electrons. The number of unbranched alkanes of at least 4 members (excludes halogenated alkanes) is 3. The van der Waals surface area contributed by atoms with Gasteiger partial charge in [0.1, 0.15) is 0 Å². The topological polar surface area (TPSA) is 35.0 Å². The molecule has 0 aliphatic rings. The van der Waals surface area contributed by atoms with E-state index >= 15 is 0 Å². The van der Waals surface area contributed by atoms with Gasteiger partial charge in [0.25, 0.3) is 0 Å². The normalized spacial score (nSPS) is 11.6. The zero-order valence-electron chi connectivity index (χ0n) is 14.3. The van der Waals surface area contributed by atoms with Crippen molar-refractivity contribution in [3.63, 3.8) is 0 Å². The van der Waals surface area contributed by atoms with Crippen LogP contribution in [0, 0.1) is 0 Å². The van der Waals surface area contributed by atoms with Gasteiger partial charge >= 0.3 is 135 Å². The monoisotopic (exact) mass is 400 g/mol. The van der Waals surface area contributed by atoms with Gasteiger partial charge in [0.2, 0.25) is 0 Å². The van der Waals surface area contributed by atoms with Crippen LogP contribution in [0.3, 0.4) is 0 Å². The van der Waals surface area contributed by atoms with Gasteiger partial charge < -0.3 is 0 Å². The first-order chi connectivity index (χ1) is 10.2. The predicted molar refractivity (Wildman–Crippen MR) is 93.1 cm³/mol. The van der Waals surface area contributed by atoms with Crippen molar-refractivity contribution in [2.45, 2.75) is 72.6 Å². The second-order valence-corrected chi connectivity index (χ2v) is 19.2. The average molecular weight is 399 g/mol. The molecule has 0 radical (unpaired) electrons. The number of aromatic nitrogens is 2. The summed E-state index contributed by atoms with van der Waals surface area (Å²) in [6.45, 7) is 6.91. The summed E-state index contributed by atoms with van der Waals surface area (Å²) in [6, 6.07) is 2.23. The van der Waals surface area contributed by atoms with E-state index in [9.17, 15) is 0 Å². The van der Waals surface area contributed by atoms with Crippen molar-refractivity contribution < 1.29 is 4.74 Å². The number of rotatable bonds is 11. The zero-order valence-corrected chi connectivity index (χ0v) is 17.2. The van der Waals surface area contributed by atoms with Crippen molar-refractivity contribution in [1.82, 2.24) is 10.2 Å². The molecule has 1 aromatic rings. The van der Waals surface area contributed by atoms with Gasteiger partial charge in [-0.1, -0.05) is 0 Å².